The number of hydrogen-bond acceptors (Lipinski definition) is 3. The molecule has 1 saturated heterocycles. The maximum Gasteiger partial charge on any atom is 0.222 e. The maximum absolute atomic E-state index is 12.6. The predicted octanol–water partition coefficient (Wildman–Crippen LogP) is 2.77. The van der Waals surface area contributed by atoms with Crippen LogP contribution in [0, 0.1) is 13.8 Å². The molecular weight excluding hydrogens is 371 g/mol. The number of halogens is 2. The van der Waals surface area contributed by atoms with Gasteiger partial charge >= 0.3 is 0 Å². The summed E-state index contributed by atoms with van der Waals surface area (Å²) in [6.45, 7) is 5.42. The molecule has 2 aromatic rings. The molecule has 0 unspecified atom stereocenters. The average Bonchev–Trinajstić information content (AvgIpc) is 3.07. The Morgan fingerprint density at radius 1 is 1.19 bits per heavy atom. The van der Waals surface area contributed by atoms with Gasteiger partial charge in [-0.15, -0.1) is 24.8 Å². The SMILES string of the molecule is Cc1nn(C)c(C)c1CCC(=O)N1C[C@@H](N)[C@H](c2ccccc2)C1.Cl.Cl. The Bertz CT molecular complexity index is 733. The fraction of sp³-hybridized carbons (Fsp3) is 0.474. The molecule has 26 heavy (non-hydrogen) atoms. The Balaban J connectivity index is 0.00000169. The summed E-state index contributed by atoms with van der Waals surface area (Å²) in [6, 6.07) is 10.3. The molecule has 0 aliphatic carbocycles. The fourth-order valence-electron chi connectivity index (χ4n) is 3.65. The lowest BCUT2D eigenvalue weighted by atomic mass is 9.95. The number of likely N-dealkylation sites (tertiary alicyclic amines) is 1. The molecule has 3 rings (SSSR count). The molecule has 0 radical (unpaired) electrons. The summed E-state index contributed by atoms with van der Waals surface area (Å²) in [7, 11) is 1.94. The van der Waals surface area contributed by atoms with Crippen LogP contribution < -0.4 is 5.73 Å². The van der Waals surface area contributed by atoms with Crippen molar-refractivity contribution in [2.24, 2.45) is 12.8 Å². The van der Waals surface area contributed by atoms with Gasteiger partial charge in [0.15, 0.2) is 0 Å². The minimum Gasteiger partial charge on any atom is -0.340 e. The van der Waals surface area contributed by atoms with Crippen molar-refractivity contribution >= 4 is 30.7 Å². The van der Waals surface area contributed by atoms with Crippen molar-refractivity contribution in [3.05, 3.63) is 52.8 Å². The van der Waals surface area contributed by atoms with Crippen molar-refractivity contribution in [1.29, 1.82) is 0 Å². The van der Waals surface area contributed by atoms with Gasteiger partial charge in [0.25, 0.3) is 0 Å². The molecule has 1 fully saturated rings. The van der Waals surface area contributed by atoms with Crippen molar-refractivity contribution in [2.75, 3.05) is 13.1 Å². The number of nitrogens with zero attached hydrogens (tertiary/aromatic N) is 3. The van der Waals surface area contributed by atoms with Crippen LogP contribution >= 0.6 is 24.8 Å². The van der Waals surface area contributed by atoms with Gasteiger partial charge in [-0.3, -0.25) is 9.48 Å². The summed E-state index contributed by atoms with van der Waals surface area (Å²) in [4.78, 5) is 14.5. The molecule has 5 nitrogen and oxygen atoms in total. The van der Waals surface area contributed by atoms with Crippen LogP contribution in [0.3, 0.4) is 0 Å². The Labute approximate surface area is 167 Å². The summed E-state index contributed by atoms with van der Waals surface area (Å²) in [5, 5.41) is 4.42. The van der Waals surface area contributed by atoms with Gasteiger partial charge in [-0.1, -0.05) is 30.3 Å². The van der Waals surface area contributed by atoms with E-state index in [1.807, 2.05) is 41.8 Å². The Morgan fingerprint density at radius 3 is 2.42 bits per heavy atom. The first-order valence-corrected chi connectivity index (χ1v) is 8.54. The maximum atomic E-state index is 12.6. The molecule has 1 aliphatic heterocycles. The quantitative estimate of drug-likeness (QED) is 0.860. The molecule has 1 aromatic carbocycles. The van der Waals surface area contributed by atoms with Gasteiger partial charge in [-0.25, -0.2) is 0 Å². The van der Waals surface area contributed by atoms with Gasteiger partial charge in [0.1, 0.15) is 0 Å². The molecular formula is C19H28Cl2N4O. The Morgan fingerprint density at radius 2 is 1.85 bits per heavy atom. The zero-order valence-corrected chi connectivity index (χ0v) is 17.1. The van der Waals surface area contributed by atoms with Crippen molar-refractivity contribution in [3.63, 3.8) is 0 Å². The first-order chi connectivity index (χ1) is 11.5. The number of carbonyl (C=O) groups is 1. The number of carbonyl (C=O) groups excluding carboxylic acids is 1. The number of aromatic nitrogens is 2. The van der Waals surface area contributed by atoms with E-state index >= 15 is 0 Å². The van der Waals surface area contributed by atoms with Crippen molar-refractivity contribution in [1.82, 2.24) is 14.7 Å². The van der Waals surface area contributed by atoms with Crippen LogP contribution in [0.2, 0.25) is 0 Å². The highest BCUT2D eigenvalue weighted by atomic mass is 35.5. The second-order valence-electron chi connectivity index (χ2n) is 6.75. The summed E-state index contributed by atoms with van der Waals surface area (Å²) >= 11 is 0. The van der Waals surface area contributed by atoms with E-state index in [1.54, 1.807) is 0 Å². The normalized spacial score (nSPS) is 19.0. The zero-order chi connectivity index (χ0) is 17.3. The van der Waals surface area contributed by atoms with E-state index in [4.69, 9.17) is 5.73 Å². The molecule has 1 aliphatic rings. The summed E-state index contributed by atoms with van der Waals surface area (Å²) in [5.41, 5.74) is 10.9. The smallest absolute Gasteiger partial charge is 0.222 e. The monoisotopic (exact) mass is 398 g/mol. The van der Waals surface area contributed by atoms with Crippen LogP contribution in [0.15, 0.2) is 30.3 Å². The van der Waals surface area contributed by atoms with Crippen LogP contribution in [0.5, 0.6) is 0 Å². The minimum atomic E-state index is 0. The predicted molar refractivity (Wildman–Crippen MR) is 109 cm³/mol. The van der Waals surface area contributed by atoms with E-state index in [0.29, 0.717) is 13.0 Å². The average molecular weight is 399 g/mol. The first kappa shape index (κ1) is 22.5. The summed E-state index contributed by atoms with van der Waals surface area (Å²) in [6.07, 6.45) is 1.26. The lowest BCUT2D eigenvalue weighted by Crippen LogP contribution is -2.32. The number of nitrogens with two attached hydrogens (primary N) is 1. The van der Waals surface area contributed by atoms with Crippen molar-refractivity contribution in [3.8, 4) is 0 Å². The number of rotatable bonds is 4. The molecule has 144 valence electrons. The van der Waals surface area contributed by atoms with E-state index in [2.05, 4.69) is 24.2 Å². The highest BCUT2D eigenvalue weighted by Crippen LogP contribution is 2.27. The van der Waals surface area contributed by atoms with Gasteiger partial charge < -0.3 is 10.6 Å². The van der Waals surface area contributed by atoms with Crippen molar-refractivity contribution < 1.29 is 4.79 Å². The zero-order valence-electron chi connectivity index (χ0n) is 15.5. The third-order valence-corrected chi connectivity index (χ3v) is 5.19. The van der Waals surface area contributed by atoms with Crippen LogP contribution in [-0.4, -0.2) is 39.7 Å². The third kappa shape index (κ3) is 4.58. The molecule has 0 bridgehead atoms. The Kier molecular flexibility index (Phi) is 8.13. The second kappa shape index (κ2) is 9.40. The van der Waals surface area contributed by atoms with E-state index in [1.165, 1.54) is 11.1 Å². The van der Waals surface area contributed by atoms with Gasteiger partial charge in [0, 0.05) is 44.2 Å². The molecule has 7 heteroatoms. The molecule has 0 spiro atoms. The highest BCUT2D eigenvalue weighted by Gasteiger charge is 2.33. The largest absolute Gasteiger partial charge is 0.340 e. The first-order valence-electron chi connectivity index (χ1n) is 8.54. The van der Waals surface area contributed by atoms with Crippen molar-refractivity contribution in [2.45, 2.75) is 38.6 Å². The number of amides is 1. The minimum absolute atomic E-state index is 0. The van der Waals surface area contributed by atoms with Gasteiger partial charge in [0.2, 0.25) is 5.91 Å². The van der Waals surface area contributed by atoms with E-state index in [0.717, 1.165) is 24.4 Å². The standard InChI is InChI=1S/C19H26N4O.2ClH/c1-13-16(14(2)22(3)21-13)9-10-19(24)23-11-17(18(20)12-23)15-7-5-4-6-8-15;;/h4-8,17-18H,9-12,20H2,1-3H3;2*1H/t17-,18+;;/m0../s1. The number of hydrogen-bond donors (Lipinski definition) is 1. The van der Waals surface area contributed by atoms with Crippen LogP contribution in [-0.2, 0) is 18.3 Å². The van der Waals surface area contributed by atoms with Gasteiger partial charge in [-0.05, 0) is 31.4 Å². The lowest BCUT2D eigenvalue weighted by Gasteiger charge is -2.16. The van der Waals surface area contributed by atoms with Crippen LogP contribution in [0.25, 0.3) is 0 Å². The molecule has 0 saturated carbocycles. The topological polar surface area (TPSA) is 64.2 Å². The van der Waals surface area contributed by atoms with Gasteiger partial charge in [0.05, 0.1) is 5.69 Å². The number of aryl methyl sites for hydroxylation is 2. The van der Waals surface area contributed by atoms with E-state index in [-0.39, 0.29) is 42.7 Å². The molecule has 2 atom stereocenters. The lowest BCUT2D eigenvalue weighted by molar-refractivity contribution is -0.130. The summed E-state index contributed by atoms with van der Waals surface area (Å²) < 4.78 is 1.88. The molecule has 1 aromatic heterocycles. The third-order valence-electron chi connectivity index (χ3n) is 5.19. The molecule has 2 N–H and O–H groups in total. The summed E-state index contributed by atoms with van der Waals surface area (Å²) in [5.74, 6) is 0.420. The highest BCUT2D eigenvalue weighted by molar-refractivity contribution is 5.85. The fourth-order valence-corrected chi connectivity index (χ4v) is 3.65. The second-order valence-corrected chi connectivity index (χ2v) is 6.75. The molecule has 2 heterocycles. The Hall–Kier alpha value is -1.56. The van der Waals surface area contributed by atoms with Crippen LogP contribution in [0.1, 0.15) is 34.9 Å². The van der Waals surface area contributed by atoms with Gasteiger partial charge in [-0.2, -0.15) is 5.10 Å². The molecule has 1 amide bonds. The number of benzene rings is 1. The van der Waals surface area contributed by atoms with E-state index < -0.39 is 0 Å². The van der Waals surface area contributed by atoms with Crippen LogP contribution in [0.4, 0.5) is 0 Å². The van der Waals surface area contributed by atoms with E-state index in [9.17, 15) is 4.79 Å².